The number of hydrogen-bond donors (Lipinski definition) is 1. The van der Waals surface area contributed by atoms with Crippen molar-refractivity contribution in [1.82, 2.24) is 15.2 Å². The molecule has 0 unspecified atom stereocenters. The Hall–Kier alpha value is -1.23. The number of thiazole rings is 1. The van der Waals surface area contributed by atoms with Gasteiger partial charge in [-0.05, 0) is 12.0 Å². The topological polar surface area (TPSA) is 58.6 Å². The van der Waals surface area contributed by atoms with Crippen LogP contribution in [-0.4, -0.2) is 15.2 Å². The number of nitrogens with zero attached hydrogens (tertiary/aromatic N) is 2. The summed E-state index contributed by atoms with van der Waals surface area (Å²) in [6.07, 6.45) is 0. The van der Waals surface area contributed by atoms with Gasteiger partial charge in [-0.15, -0.1) is 5.10 Å². The van der Waals surface area contributed by atoms with E-state index in [1.807, 2.05) is 19.9 Å². The molecule has 2 heterocycles. The maximum atomic E-state index is 11.0. The van der Waals surface area contributed by atoms with Gasteiger partial charge >= 0.3 is 4.87 Å². The molecule has 5 heteroatoms. The summed E-state index contributed by atoms with van der Waals surface area (Å²) in [5.41, 5.74) is 1.69. The van der Waals surface area contributed by atoms with E-state index in [0.29, 0.717) is 10.7 Å². The van der Waals surface area contributed by atoms with E-state index in [0.717, 1.165) is 22.5 Å². The van der Waals surface area contributed by atoms with Crippen molar-refractivity contribution in [2.75, 3.05) is 0 Å². The second-order valence-corrected chi connectivity index (χ2v) is 4.12. The summed E-state index contributed by atoms with van der Waals surface area (Å²) in [6.45, 7) is 4.08. The van der Waals surface area contributed by atoms with Crippen LogP contribution in [0.4, 0.5) is 0 Å². The number of fused-ring (bicyclic) bond motifs is 1. The van der Waals surface area contributed by atoms with Gasteiger partial charge in [0.1, 0.15) is 0 Å². The summed E-state index contributed by atoms with van der Waals surface area (Å²) in [4.78, 5) is 14.3. The monoisotopic (exact) mass is 195 g/mol. The average Bonchev–Trinajstić information content (AvgIpc) is 2.42. The van der Waals surface area contributed by atoms with Gasteiger partial charge in [-0.2, -0.15) is 5.10 Å². The summed E-state index contributed by atoms with van der Waals surface area (Å²) in [7, 11) is 0. The predicted octanol–water partition coefficient (Wildman–Crippen LogP) is 1.50. The normalized spacial score (nSPS) is 11.3. The predicted molar refractivity (Wildman–Crippen MR) is 52.1 cm³/mol. The Bertz CT molecular complexity index is 485. The van der Waals surface area contributed by atoms with Gasteiger partial charge in [0.25, 0.3) is 0 Å². The molecule has 0 atom stereocenters. The summed E-state index contributed by atoms with van der Waals surface area (Å²) >= 11 is 1.09. The molecule has 2 rings (SSSR count). The van der Waals surface area contributed by atoms with E-state index in [1.54, 1.807) is 0 Å². The third-order valence-electron chi connectivity index (χ3n) is 1.80. The highest BCUT2D eigenvalue weighted by Crippen LogP contribution is 2.15. The molecule has 2 aromatic heterocycles. The quantitative estimate of drug-likeness (QED) is 0.750. The second kappa shape index (κ2) is 2.92. The first-order chi connectivity index (χ1) is 6.16. The molecule has 4 nitrogen and oxygen atoms in total. The van der Waals surface area contributed by atoms with Crippen molar-refractivity contribution in [2.24, 2.45) is 0 Å². The molecule has 0 fully saturated rings. The van der Waals surface area contributed by atoms with E-state index >= 15 is 0 Å². The highest BCUT2D eigenvalue weighted by Gasteiger charge is 2.05. The summed E-state index contributed by atoms with van der Waals surface area (Å²) in [6, 6.07) is 1.88. The first-order valence-electron chi connectivity index (χ1n) is 4.03. The van der Waals surface area contributed by atoms with E-state index < -0.39 is 0 Å². The molecule has 0 spiro atoms. The first kappa shape index (κ1) is 8.37. The molecule has 0 aliphatic rings. The van der Waals surface area contributed by atoms with Gasteiger partial charge in [0.15, 0.2) is 4.83 Å². The Morgan fingerprint density at radius 2 is 2.23 bits per heavy atom. The number of nitrogens with one attached hydrogen (secondary N) is 1. The number of aromatic amines is 1. The van der Waals surface area contributed by atoms with Crippen LogP contribution in [0.25, 0.3) is 10.3 Å². The maximum Gasteiger partial charge on any atom is 0.307 e. The Labute approximate surface area is 78.6 Å². The Balaban J connectivity index is 2.68. The van der Waals surface area contributed by atoms with Crippen LogP contribution >= 0.6 is 11.3 Å². The van der Waals surface area contributed by atoms with Crippen LogP contribution in [0.5, 0.6) is 0 Å². The van der Waals surface area contributed by atoms with Crippen molar-refractivity contribution in [3.63, 3.8) is 0 Å². The van der Waals surface area contributed by atoms with Crippen LogP contribution in [0.3, 0.4) is 0 Å². The van der Waals surface area contributed by atoms with Gasteiger partial charge in [0, 0.05) is 0 Å². The molecule has 0 bridgehead atoms. The van der Waals surface area contributed by atoms with E-state index in [-0.39, 0.29) is 4.87 Å². The lowest BCUT2D eigenvalue weighted by molar-refractivity contribution is 0.795. The molecule has 13 heavy (non-hydrogen) atoms. The van der Waals surface area contributed by atoms with Crippen LogP contribution in [0.1, 0.15) is 25.5 Å². The SMILES string of the molecule is CC(C)c1cc2[nH]c(=O)sc2nn1. The Kier molecular flexibility index (Phi) is 1.88. The summed E-state index contributed by atoms with van der Waals surface area (Å²) in [5.74, 6) is 0.334. The highest BCUT2D eigenvalue weighted by atomic mass is 32.1. The summed E-state index contributed by atoms with van der Waals surface area (Å²) < 4.78 is 0. The van der Waals surface area contributed by atoms with Crippen molar-refractivity contribution < 1.29 is 0 Å². The lowest BCUT2D eigenvalue weighted by atomic mass is 10.1. The number of rotatable bonds is 1. The van der Waals surface area contributed by atoms with Gasteiger partial charge in [-0.3, -0.25) is 4.79 Å². The molecule has 0 aliphatic heterocycles. The molecule has 0 radical (unpaired) electrons. The van der Waals surface area contributed by atoms with Crippen molar-refractivity contribution >= 4 is 21.7 Å². The van der Waals surface area contributed by atoms with Gasteiger partial charge in [-0.1, -0.05) is 25.2 Å². The lowest BCUT2D eigenvalue weighted by Crippen LogP contribution is -1.94. The van der Waals surface area contributed by atoms with Crippen molar-refractivity contribution in [3.8, 4) is 0 Å². The first-order valence-corrected chi connectivity index (χ1v) is 4.85. The Morgan fingerprint density at radius 3 is 2.92 bits per heavy atom. The lowest BCUT2D eigenvalue weighted by Gasteiger charge is -2.00. The molecule has 0 amide bonds. The standard InChI is InChI=1S/C8H9N3OS/c1-4(2)5-3-6-7(11-10-5)13-8(12)9-6/h3-4H,1-2H3,(H,9,12). The zero-order valence-electron chi connectivity index (χ0n) is 7.37. The minimum Gasteiger partial charge on any atom is -0.311 e. The van der Waals surface area contributed by atoms with Crippen LogP contribution in [0.2, 0.25) is 0 Å². The molecule has 0 saturated heterocycles. The van der Waals surface area contributed by atoms with Crippen LogP contribution < -0.4 is 4.87 Å². The average molecular weight is 195 g/mol. The third kappa shape index (κ3) is 1.47. The molecular weight excluding hydrogens is 186 g/mol. The van der Waals surface area contributed by atoms with E-state index in [9.17, 15) is 4.79 Å². The number of H-pyrrole nitrogens is 1. The molecule has 0 aliphatic carbocycles. The highest BCUT2D eigenvalue weighted by molar-refractivity contribution is 7.15. The number of aromatic nitrogens is 3. The van der Waals surface area contributed by atoms with Crippen LogP contribution in [0.15, 0.2) is 10.9 Å². The minimum absolute atomic E-state index is 0.0785. The van der Waals surface area contributed by atoms with Gasteiger partial charge < -0.3 is 4.98 Å². The van der Waals surface area contributed by atoms with Crippen LogP contribution in [-0.2, 0) is 0 Å². The summed E-state index contributed by atoms with van der Waals surface area (Å²) in [5, 5.41) is 7.98. The maximum absolute atomic E-state index is 11.0. The largest absolute Gasteiger partial charge is 0.311 e. The van der Waals surface area contributed by atoms with Crippen LogP contribution in [0, 0.1) is 0 Å². The zero-order valence-corrected chi connectivity index (χ0v) is 8.18. The molecule has 1 N–H and O–H groups in total. The smallest absolute Gasteiger partial charge is 0.307 e. The Morgan fingerprint density at radius 1 is 1.46 bits per heavy atom. The fraction of sp³-hybridized carbons (Fsp3) is 0.375. The molecule has 0 saturated carbocycles. The van der Waals surface area contributed by atoms with Gasteiger partial charge in [0.2, 0.25) is 0 Å². The van der Waals surface area contributed by atoms with Gasteiger partial charge in [0.05, 0.1) is 11.2 Å². The van der Waals surface area contributed by atoms with E-state index in [2.05, 4.69) is 15.2 Å². The van der Waals surface area contributed by atoms with Crippen molar-refractivity contribution in [3.05, 3.63) is 21.4 Å². The molecular formula is C8H9N3OS. The van der Waals surface area contributed by atoms with Crippen molar-refractivity contribution in [2.45, 2.75) is 19.8 Å². The fourth-order valence-electron chi connectivity index (χ4n) is 1.07. The number of hydrogen-bond acceptors (Lipinski definition) is 4. The molecule has 0 aromatic carbocycles. The van der Waals surface area contributed by atoms with E-state index in [1.165, 1.54) is 0 Å². The molecule has 68 valence electrons. The van der Waals surface area contributed by atoms with E-state index in [4.69, 9.17) is 0 Å². The molecule has 2 aromatic rings. The van der Waals surface area contributed by atoms with Crippen molar-refractivity contribution in [1.29, 1.82) is 0 Å². The fourth-order valence-corrected chi connectivity index (χ4v) is 1.70. The minimum atomic E-state index is -0.0785. The second-order valence-electron chi connectivity index (χ2n) is 3.16. The zero-order chi connectivity index (χ0) is 9.42. The van der Waals surface area contributed by atoms with Gasteiger partial charge in [-0.25, -0.2) is 0 Å². The third-order valence-corrected chi connectivity index (χ3v) is 2.58.